The van der Waals surface area contributed by atoms with Crippen molar-refractivity contribution in [3.63, 3.8) is 0 Å². The van der Waals surface area contributed by atoms with Gasteiger partial charge in [-0.1, -0.05) is 42.8 Å². The second-order valence-electron chi connectivity index (χ2n) is 9.55. The molecule has 0 bridgehead atoms. The summed E-state index contributed by atoms with van der Waals surface area (Å²) in [6.07, 6.45) is 5.53. The van der Waals surface area contributed by atoms with Crippen LogP contribution in [0.5, 0.6) is 11.5 Å². The highest BCUT2D eigenvalue weighted by atomic mass is 16.6. The van der Waals surface area contributed by atoms with Gasteiger partial charge in [0.1, 0.15) is 29.6 Å². The molecule has 0 saturated carbocycles. The predicted octanol–water partition coefficient (Wildman–Crippen LogP) is 7.34. The van der Waals surface area contributed by atoms with E-state index in [1.807, 2.05) is 85.8 Å². The van der Waals surface area contributed by atoms with Crippen molar-refractivity contribution in [3.8, 4) is 23.0 Å². The molecule has 8 heteroatoms. The predicted molar refractivity (Wildman–Crippen MR) is 157 cm³/mol. The maximum Gasteiger partial charge on any atom is 0.303 e. The van der Waals surface area contributed by atoms with Crippen LogP contribution < -0.4 is 15.0 Å². The van der Waals surface area contributed by atoms with Gasteiger partial charge in [0.05, 0.1) is 19.4 Å². The van der Waals surface area contributed by atoms with E-state index >= 15 is 0 Å². The van der Waals surface area contributed by atoms with Crippen LogP contribution in [-0.2, 0) is 22.8 Å². The second-order valence-corrected chi connectivity index (χ2v) is 9.55. The number of carboxylic acids is 1. The fourth-order valence-electron chi connectivity index (χ4n) is 4.13. The Morgan fingerprint density at radius 2 is 1.66 bits per heavy atom. The molecule has 1 aromatic heterocycles. The number of hydrogen-bond acceptors (Lipinski definition) is 7. The molecule has 1 heterocycles. The monoisotopic (exact) mass is 556 g/mol. The highest BCUT2D eigenvalue weighted by Gasteiger charge is 2.12. The number of methoxy groups -OCH3 is 1. The van der Waals surface area contributed by atoms with E-state index < -0.39 is 5.97 Å². The van der Waals surface area contributed by atoms with Crippen LogP contribution in [0.4, 0.5) is 0 Å². The van der Waals surface area contributed by atoms with Gasteiger partial charge in [0, 0.05) is 12.0 Å². The standard InChI is InChI=1S/C33H36N2O6/c1-24-31(34-33(41-24)27-10-6-5-7-11-27)23-39-29-18-14-25(15-19-29)22-40-35-30(12-8-3-4-9-13-32(36)37)26-16-20-28(38-2)21-17-26/h5-7,10-12,14-21,35H,3-4,8-9,13,22-23H2,1-2H3,(H,36,37). The average Bonchev–Trinajstić information content (AvgIpc) is 3.38. The molecule has 3 aromatic carbocycles. The number of hydrogen-bond donors (Lipinski definition) is 2. The summed E-state index contributed by atoms with van der Waals surface area (Å²) in [6.45, 7) is 2.56. The van der Waals surface area contributed by atoms with Crippen LogP contribution in [0.25, 0.3) is 17.2 Å². The molecule has 0 saturated heterocycles. The number of carboxylic acid groups (broad SMARTS) is 1. The van der Waals surface area contributed by atoms with E-state index in [0.717, 1.165) is 64.6 Å². The molecule has 214 valence electrons. The Balaban J connectivity index is 1.28. The lowest BCUT2D eigenvalue weighted by molar-refractivity contribution is -0.137. The number of benzene rings is 3. The van der Waals surface area contributed by atoms with Crippen molar-refractivity contribution in [1.29, 1.82) is 0 Å². The highest BCUT2D eigenvalue weighted by molar-refractivity contribution is 5.66. The smallest absolute Gasteiger partial charge is 0.303 e. The van der Waals surface area contributed by atoms with E-state index in [4.69, 9.17) is 23.8 Å². The van der Waals surface area contributed by atoms with Crippen LogP contribution in [0, 0.1) is 6.92 Å². The molecule has 2 N–H and O–H groups in total. The Labute approximate surface area is 240 Å². The zero-order valence-corrected chi connectivity index (χ0v) is 23.5. The van der Waals surface area contributed by atoms with Crippen molar-refractivity contribution in [2.24, 2.45) is 0 Å². The molecule has 0 aliphatic rings. The third kappa shape index (κ3) is 9.25. The van der Waals surface area contributed by atoms with Gasteiger partial charge in [-0.15, -0.1) is 0 Å². The van der Waals surface area contributed by atoms with E-state index in [-0.39, 0.29) is 6.42 Å². The Kier molecular flexibility index (Phi) is 11.0. The van der Waals surface area contributed by atoms with E-state index in [9.17, 15) is 4.79 Å². The number of rotatable bonds is 16. The van der Waals surface area contributed by atoms with Gasteiger partial charge in [-0.25, -0.2) is 4.98 Å². The van der Waals surface area contributed by atoms with E-state index in [2.05, 4.69) is 16.5 Å². The molecule has 4 rings (SSSR count). The van der Waals surface area contributed by atoms with Crippen molar-refractivity contribution < 1.29 is 28.6 Å². The van der Waals surface area contributed by atoms with Gasteiger partial charge in [-0.2, -0.15) is 0 Å². The molecule has 0 unspecified atom stereocenters. The molecular formula is C33H36N2O6. The normalized spacial score (nSPS) is 11.3. The first kappa shape index (κ1) is 29.4. The number of aliphatic carboxylic acids is 1. The molecule has 0 spiro atoms. The lowest BCUT2D eigenvalue weighted by Crippen LogP contribution is -2.13. The maximum atomic E-state index is 10.7. The summed E-state index contributed by atoms with van der Waals surface area (Å²) in [5.74, 6) is 2.08. The third-order valence-corrected chi connectivity index (χ3v) is 6.48. The van der Waals surface area contributed by atoms with Crippen molar-refractivity contribution in [2.45, 2.75) is 52.2 Å². The van der Waals surface area contributed by atoms with Crippen LogP contribution in [-0.4, -0.2) is 23.2 Å². The van der Waals surface area contributed by atoms with Crippen LogP contribution in [0.1, 0.15) is 54.7 Å². The zero-order chi connectivity index (χ0) is 28.9. The topological polar surface area (TPSA) is 103 Å². The SMILES string of the molecule is COc1ccc(C(=CCCCCCC(=O)O)NOCc2ccc(OCc3nc(-c4ccccc4)oc3C)cc2)cc1. The summed E-state index contributed by atoms with van der Waals surface area (Å²) in [4.78, 5) is 21.2. The highest BCUT2D eigenvalue weighted by Crippen LogP contribution is 2.23. The van der Waals surface area contributed by atoms with Gasteiger partial charge < -0.3 is 19.0 Å². The number of allylic oxidation sites excluding steroid dienone is 1. The minimum absolute atomic E-state index is 0.204. The van der Waals surface area contributed by atoms with Gasteiger partial charge in [-0.3, -0.25) is 15.1 Å². The number of aromatic nitrogens is 1. The molecule has 0 aliphatic carbocycles. The number of ether oxygens (including phenoxy) is 2. The molecule has 0 atom stereocenters. The molecule has 0 aliphatic heterocycles. The Hall–Kier alpha value is -4.56. The van der Waals surface area contributed by atoms with Gasteiger partial charge in [-0.05, 0) is 85.8 Å². The quantitative estimate of drug-likeness (QED) is 0.109. The first-order chi connectivity index (χ1) is 20.0. The largest absolute Gasteiger partial charge is 0.497 e. The fraction of sp³-hybridized carbons (Fsp3) is 0.273. The number of aryl methyl sites for hydroxylation is 1. The molecule has 0 fully saturated rings. The van der Waals surface area contributed by atoms with Crippen molar-refractivity contribution in [1.82, 2.24) is 10.5 Å². The zero-order valence-electron chi connectivity index (χ0n) is 23.5. The van der Waals surface area contributed by atoms with Crippen LogP contribution in [0.3, 0.4) is 0 Å². The first-order valence-corrected chi connectivity index (χ1v) is 13.7. The average molecular weight is 557 g/mol. The van der Waals surface area contributed by atoms with Crippen molar-refractivity contribution >= 4 is 11.7 Å². The molecule has 41 heavy (non-hydrogen) atoms. The minimum Gasteiger partial charge on any atom is -0.497 e. The fourth-order valence-corrected chi connectivity index (χ4v) is 4.13. The van der Waals surface area contributed by atoms with Crippen molar-refractivity contribution in [2.75, 3.05) is 7.11 Å². The Morgan fingerprint density at radius 1 is 0.927 bits per heavy atom. The third-order valence-electron chi connectivity index (χ3n) is 6.48. The lowest BCUT2D eigenvalue weighted by atomic mass is 10.1. The number of unbranched alkanes of at least 4 members (excludes halogenated alkanes) is 3. The summed E-state index contributed by atoms with van der Waals surface area (Å²) < 4.78 is 17.0. The number of oxazole rings is 1. The van der Waals surface area contributed by atoms with Crippen LogP contribution in [0.15, 0.2) is 89.4 Å². The Bertz CT molecular complexity index is 1400. The van der Waals surface area contributed by atoms with Gasteiger partial charge in [0.25, 0.3) is 0 Å². The summed E-state index contributed by atoms with van der Waals surface area (Å²) in [7, 11) is 1.64. The second kappa shape index (κ2) is 15.3. The number of nitrogens with one attached hydrogen (secondary N) is 1. The first-order valence-electron chi connectivity index (χ1n) is 13.7. The molecule has 0 radical (unpaired) electrons. The van der Waals surface area contributed by atoms with E-state index in [1.165, 1.54) is 0 Å². The van der Waals surface area contributed by atoms with Gasteiger partial charge in [0.2, 0.25) is 5.89 Å². The summed E-state index contributed by atoms with van der Waals surface area (Å²) >= 11 is 0. The molecule has 8 nitrogen and oxygen atoms in total. The molecule has 0 amide bonds. The van der Waals surface area contributed by atoms with Gasteiger partial charge in [0.15, 0.2) is 0 Å². The van der Waals surface area contributed by atoms with Crippen LogP contribution in [0.2, 0.25) is 0 Å². The van der Waals surface area contributed by atoms with E-state index in [0.29, 0.717) is 25.5 Å². The lowest BCUT2D eigenvalue weighted by Gasteiger charge is -2.13. The Morgan fingerprint density at radius 3 is 2.37 bits per heavy atom. The van der Waals surface area contributed by atoms with Crippen molar-refractivity contribution in [3.05, 3.63) is 108 Å². The number of hydroxylamine groups is 1. The minimum atomic E-state index is -0.753. The number of nitrogens with zero attached hydrogens (tertiary/aromatic N) is 1. The van der Waals surface area contributed by atoms with Gasteiger partial charge >= 0.3 is 5.97 Å². The van der Waals surface area contributed by atoms with E-state index in [1.54, 1.807) is 7.11 Å². The summed E-state index contributed by atoms with van der Waals surface area (Å²) in [5.41, 5.74) is 7.59. The maximum absolute atomic E-state index is 10.7. The summed E-state index contributed by atoms with van der Waals surface area (Å²) in [6, 6.07) is 25.3. The van der Waals surface area contributed by atoms with Crippen LogP contribution >= 0.6 is 0 Å². The number of carbonyl (C=O) groups is 1. The summed E-state index contributed by atoms with van der Waals surface area (Å²) in [5, 5.41) is 8.82. The molecule has 4 aromatic rings. The molecular weight excluding hydrogens is 520 g/mol.